The van der Waals surface area contributed by atoms with Gasteiger partial charge in [0.05, 0.1) is 22.8 Å². The van der Waals surface area contributed by atoms with E-state index in [9.17, 15) is 14.7 Å². The summed E-state index contributed by atoms with van der Waals surface area (Å²) in [4.78, 5) is 30.5. The zero-order valence-corrected chi connectivity index (χ0v) is 20.1. The quantitative estimate of drug-likeness (QED) is 0.416. The van der Waals surface area contributed by atoms with Crippen molar-refractivity contribution < 1.29 is 24.2 Å². The lowest BCUT2D eigenvalue weighted by molar-refractivity contribution is -0.121. The first kappa shape index (κ1) is 24.1. The number of rotatable bonds is 8. The molecule has 0 aliphatic carbocycles. The lowest BCUT2D eigenvalue weighted by Gasteiger charge is -2.13. The first-order valence-corrected chi connectivity index (χ1v) is 11.8. The molecule has 7 nitrogen and oxygen atoms in total. The van der Waals surface area contributed by atoms with Gasteiger partial charge in [0.2, 0.25) is 0 Å². The van der Waals surface area contributed by atoms with Crippen LogP contribution in [0.2, 0.25) is 0 Å². The fraction of sp³-hybridized carbons (Fsp3) is 0.148. The van der Waals surface area contributed by atoms with E-state index in [1.807, 2.05) is 55.5 Å². The Morgan fingerprint density at radius 3 is 2.57 bits per heavy atom. The molecule has 178 valence electrons. The van der Waals surface area contributed by atoms with E-state index in [1.165, 1.54) is 28.8 Å². The Hall–Kier alpha value is -4.04. The van der Waals surface area contributed by atoms with Crippen LogP contribution in [-0.4, -0.2) is 40.7 Å². The third kappa shape index (κ3) is 5.91. The van der Waals surface area contributed by atoms with E-state index in [4.69, 9.17) is 9.47 Å². The molecule has 0 unspecified atom stereocenters. The van der Waals surface area contributed by atoms with E-state index in [2.05, 4.69) is 4.99 Å². The Morgan fingerprint density at radius 2 is 1.83 bits per heavy atom. The van der Waals surface area contributed by atoms with E-state index in [1.54, 1.807) is 25.3 Å². The lowest BCUT2D eigenvalue weighted by Crippen LogP contribution is -2.23. The van der Waals surface area contributed by atoms with Crippen molar-refractivity contribution in [2.75, 3.05) is 13.7 Å². The highest BCUT2D eigenvalue weighted by molar-refractivity contribution is 8.18. The van der Waals surface area contributed by atoms with Gasteiger partial charge in [0.25, 0.3) is 5.91 Å². The molecule has 1 amide bonds. The maximum atomic E-state index is 12.8. The second-order valence-corrected chi connectivity index (χ2v) is 8.65. The first-order chi connectivity index (χ1) is 16.9. The minimum Gasteiger partial charge on any atom is -0.490 e. The molecule has 0 aromatic heterocycles. The number of likely N-dealkylation sites (N-methyl/N-ethyl adjacent to an activating group) is 1. The van der Waals surface area contributed by atoms with Crippen LogP contribution in [0.3, 0.4) is 0 Å². The van der Waals surface area contributed by atoms with E-state index in [-0.39, 0.29) is 11.5 Å². The second-order valence-electron chi connectivity index (χ2n) is 7.64. The van der Waals surface area contributed by atoms with Crippen LogP contribution in [0.4, 0.5) is 5.69 Å². The number of carboxylic acids is 1. The van der Waals surface area contributed by atoms with Crippen LogP contribution in [0.25, 0.3) is 6.08 Å². The van der Waals surface area contributed by atoms with E-state index in [0.717, 1.165) is 11.1 Å². The zero-order valence-electron chi connectivity index (χ0n) is 19.3. The molecular weight excluding hydrogens is 464 g/mol. The van der Waals surface area contributed by atoms with Gasteiger partial charge in [-0.1, -0.05) is 42.5 Å². The molecule has 35 heavy (non-hydrogen) atoms. The largest absolute Gasteiger partial charge is 0.490 e. The van der Waals surface area contributed by atoms with E-state index in [0.29, 0.717) is 40.5 Å². The predicted octanol–water partition coefficient (Wildman–Crippen LogP) is 5.60. The van der Waals surface area contributed by atoms with Gasteiger partial charge in [-0.05, 0) is 66.2 Å². The van der Waals surface area contributed by atoms with Gasteiger partial charge in [0.1, 0.15) is 6.61 Å². The zero-order chi connectivity index (χ0) is 24.8. The Labute approximate surface area is 207 Å². The topological polar surface area (TPSA) is 88.4 Å². The Morgan fingerprint density at radius 1 is 1.03 bits per heavy atom. The van der Waals surface area contributed by atoms with Crippen molar-refractivity contribution in [3.05, 3.63) is 94.4 Å². The number of aliphatic imine (C=N–C) groups is 1. The van der Waals surface area contributed by atoms with Gasteiger partial charge in [-0.2, -0.15) is 0 Å². The smallest absolute Gasteiger partial charge is 0.335 e. The maximum Gasteiger partial charge on any atom is 0.335 e. The van der Waals surface area contributed by atoms with Crippen molar-refractivity contribution in [1.29, 1.82) is 0 Å². The molecule has 0 spiro atoms. The number of carbonyl (C=O) groups is 2. The molecule has 3 aromatic carbocycles. The summed E-state index contributed by atoms with van der Waals surface area (Å²) in [5.74, 6) is 0.00448. The summed E-state index contributed by atoms with van der Waals surface area (Å²) in [6, 6.07) is 21.7. The number of hydrogen-bond donors (Lipinski definition) is 1. The number of ether oxygens (including phenoxy) is 2. The summed E-state index contributed by atoms with van der Waals surface area (Å²) in [5.41, 5.74) is 2.45. The fourth-order valence-corrected chi connectivity index (χ4v) is 4.35. The molecule has 0 atom stereocenters. The molecule has 1 saturated heterocycles. The molecule has 3 aromatic rings. The van der Waals surface area contributed by atoms with Crippen LogP contribution in [-0.2, 0) is 11.4 Å². The Bertz CT molecular complexity index is 1300. The minimum atomic E-state index is -1.03. The number of carbonyl (C=O) groups excluding carboxylic acids is 1. The van der Waals surface area contributed by atoms with Crippen molar-refractivity contribution in [1.82, 2.24) is 4.90 Å². The summed E-state index contributed by atoms with van der Waals surface area (Å²) in [6.07, 6.45) is 1.78. The Balaban J connectivity index is 1.55. The normalized spacial score (nSPS) is 15.6. The van der Waals surface area contributed by atoms with Gasteiger partial charge in [-0.3, -0.25) is 9.69 Å². The highest BCUT2D eigenvalue weighted by Gasteiger charge is 2.30. The van der Waals surface area contributed by atoms with Crippen LogP contribution in [0.1, 0.15) is 28.4 Å². The number of amides is 1. The molecule has 8 heteroatoms. The van der Waals surface area contributed by atoms with Gasteiger partial charge in [-0.15, -0.1) is 0 Å². The highest BCUT2D eigenvalue weighted by atomic mass is 32.2. The third-order valence-corrected chi connectivity index (χ3v) is 6.18. The van der Waals surface area contributed by atoms with Gasteiger partial charge in [0, 0.05) is 7.05 Å². The van der Waals surface area contributed by atoms with Crippen LogP contribution in [0.5, 0.6) is 11.5 Å². The van der Waals surface area contributed by atoms with E-state index >= 15 is 0 Å². The summed E-state index contributed by atoms with van der Waals surface area (Å²) in [7, 11) is 1.64. The number of hydrogen-bond acceptors (Lipinski definition) is 6. The molecule has 1 heterocycles. The lowest BCUT2D eigenvalue weighted by atomic mass is 10.1. The van der Waals surface area contributed by atoms with Crippen LogP contribution in [0.15, 0.2) is 82.7 Å². The van der Waals surface area contributed by atoms with Gasteiger partial charge in [-0.25, -0.2) is 9.79 Å². The van der Waals surface area contributed by atoms with Gasteiger partial charge >= 0.3 is 5.97 Å². The van der Waals surface area contributed by atoms with Crippen molar-refractivity contribution in [3.63, 3.8) is 0 Å². The fourth-order valence-electron chi connectivity index (χ4n) is 3.36. The van der Waals surface area contributed by atoms with Crippen LogP contribution >= 0.6 is 11.8 Å². The molecule has 1 fully saturated rings. The summed E-state index contributed by atoms with van der Waals surface area (Å²) >= 11 is 1.23. The van der Waals surface area contributed by atoms with E-state index < -0.39 is 5.97 Å². The van der Waals surface area contributed by atoms with Crippen molar-refractivity contribution in [3.8, 4) is 11.5 Å². The standard InChI is InChI=1S/C27H24N2O5S/c1-3-33-23-14-19(12-13-22(23)34-17-18-8-5-4-6-9-18)15-24-25(30)29(2)27(35-24)28-21-11-7-10-20(16-21)26(31)32/h4-16H,3,17H2,1-2H3,(H,31,32)/b24-15-,28-27?. The predicted molar refractivity (Wildman–Crippen MR) is 137 cm³/mol. The molecule has 1 aliphatic rings. The van der Waals surface area contributed by atoms with Crippen molar-refractivity contribution in [2.45, 2.75) is 13.5 Å². The van der Waals surface area contributed by atoms with Gasteiger partial charge in [0.15, 0.2) is 16.7 Å². The van der Waals surface area contributed by atoms with Gasteiger partial charge < -0.3 is 14.6 Å². The first-order valence-electron chi connectivity index (χ1n) is 11.0. The highest BCUT2D eigenvalue weighted by Crippen LogP contribution is 2.35. The maximum absolute atomic E-state index is 12.8. The SMILES string of the molecule is CCOc1cc(/C=C2\SC(=Nc3cccc(C(=O)O)c3)N(C)C2=O)ccc1OCc1ccccc1. The molecule has 1 N–H and O–H groups in total. The monoisotopic (exact) mass is 488 g/mol. The number of aromatic carboxylic acids is 1. The number of carboxylic acid groups (broad SMARTS) is 1. The number of benzene rings is 3. The molecular formula is C27H24N2O5S. The molecule has 1 aliphatic heterocycles. The number of thioether (sulfide) groups is 1. The molecule has 0 saturated carbocycles. The van der Waals surface area contributed by atoms with Crippen LogP contribution in [0, 0.1) is 0 Å². The second kappa shape index (κ2) is 10.9. The Kier molecular flexibility index (Phi) is 7.52. The molecule has 4 rings (SSSR count). The summed E-state index contributed by atoms with van der Waals surface area (Å²) in [6.45, 7) is 2.80. The van der Waals surface area contributed by atoms with Crippen molar-refractivity contribution in [2.24, 2.45) is 4.99 Å². The summed E-state index contributed by atoms with van der Waals surface area (Å²) < 4.78 is 11.7. The number of amidine groups is 1. The third-order valence-electron chi connectivity index (χ3n) is 5.12. The van der Waals surface area contributed by atoms with Crippen LogP contribution < -0.4 is 9.47 Å². The average Bonchev–Trinajstić information content (AvgIpc) is 3.12. The number of nitrogens with zero attached hydrogens (tertiary/aromatic N) is 2. The average molecular weight is 489 g/mol. The molecule has 0 radical (unpaired) electrons. The molecule has 0 bridgehead atoms. The summed E-state index contributed by atoms with van der Waals surface area (Å²) in [5, 5.41) is 9.66. The van der Waals surface area contributed by atoms with Crippen molar-refractivity contribution >= 4 is 40.6 Å². The minimum absolute atomic E-state index is 0.137.